The van der Waals surface area contributed by atoms with Gasteiger partial charge < -0.3 is 33.6 Å². The number of hydrogen-bond acceptors (Lipinski definition) is 9. The van der Waals surface area contributed by atoms with Crippen LogP contribution in [-0.2, 0) is 22.5 Å². The molecule has 41 heavy (non-hydrogen) atoms. The molecule has 13 heteroatoms. The van der Waals surface area contributed by atoms with Crippen molar-refractivity contribution in [3.05, 3.63) is 82.2 Å². The van der Waals surface area contributed by atoms with Gasteiger partial charge in [-0.3, -0.25) is 4.57 Å². The van der Waals surface area contributed by atoms with Gasteiger partial charge >= 0.3 is 7.60 Å². The van der Waals surface area contributed by atoms with Gasteiger partial charge in [0.05, 0.1) is 37.3 Å². The van der Waals surface area contributed by atoms with E-state index in [1.165, 1.54) is 6.08 Å². The van der Waals surface area contributed by atoms with Crippen molar-refractivity contribution in [2.75, 3.05) is 38.3 Å². The standard InChI is InChI=1S/C28H31N4O7PS/c1-20-24(29-28(41-20)31-11-13-37-14-12-31)19-38-25-9-8-21(16-26(25)36-2)18-39-27-22(10-15-40(33,34)35)17-32(30-27)23-6-4-3-5-7-23/h3-10,15-17H,11-14,18-19H2,1-2H3,(H2,33,34,35)/b15-10+. The Bertz CT molecular complexity index is 1540. The van der Waals surface area contributed by atoms with E-state index in [1.807, 2.05) is 55.5 Å². The van der Waals surface area contributed by atoms with Crippen molar-refractivity contribution in [2.45, 2.75) is 20.1 Å². The molecule has 1 saturated heterocycles. The van der Waals surface area contributed by atoms with E-state index in [0.29, 0.717) is 36.9 Å². The summed E-state index contributed by atoms with van der Waals surface area (Å²) in [6, 6.07) is 14.9. The highest BCUT2D eigenvalue weighted by atomic mass is 32.1. The second-order valence-electron chi connectivity index (χ2n) is 9.24. The molecule has 0 aliphatic carbocycles. The van der Waals surface area contributed by atoms with Crippen LogP contribution in [0.15, 0.2) is 60.5 Å². The van der Waals surface area contributed by atoms with Crippen molar-refractivity contribution in [1.82, 2.24) is 14.8 Å². The van der Waals surface area contributed by atoms with Crippen molar-refractivity contribution in [2.24, 2.45) is 0 Å². The summed E-state index contributed by atoms with van der Waals surface area (Å²) in [5.41, 5.74) is 2.90. The fourth-order valence-electron chi connectivity index (χ4n) is 4.14. The number of aromatic nitrogens is 3. The number of para-hydroxylation sites is 1. The van der Waals surface area contributed by atoms with E-state index in [2.05, 4.69) is 10.00 Å². The summed E-state index contributed by atoms with van der Waals surface area (Å²) in [5, 5.41) is 5.46. The summed E-state index contributed by atoms with van der Waals surface area (Å²) in [5.74, 6) is 2.18. The summed E-state index contributed by atoms with van der Waals surface area (Å²) in [6.45, 7) is 5.58. The third-order valence-corrected chi connectivity index (χ3v) is 7.92. The monoisotopic (exact) mass is 598 g/mol. The summed E-state index contributed by atoms with van der Waals surface area (Å²) < 4.78 is 36.1. The Kier molecular flexibility index (Phi) is 9.06. The minimum Gasteiger partial charge on any atom is -0.493 e. The predicted molar refractivity (Wildman–Crippen MR) is 156 cm³/mol. The molecule has 2 N–H and O–H groups in total. The molecule has 1 fully saturated rings. The molecular formula is C28H31N4O7PS. The quantitative estimate of drug-likeness (QED) is 0.233. The zero-order valence-corrected chi connectivity index (χ0v) is 24.4. The fourth-order valence-corrected chi connectivity index (χ4v) is 5.46. The zero-order valence-electron chi connectivity index (χ0n) is 22.7. The van der Waals surface area contributed by atoms with Gasteiger partial charge in [-0.2, -0.15) is 0 Å². The lowest BCUT2D eigenvalue weighted by Crippen LogP contribution is -2.36. The lowest BCUT2D eigenvalue weighted by molar-refractivity contribution is 0.122. The lowest BCUT2D eigenvalue weighted by Gasteiger charge is -2.26. The van der Waals surface area contributed by atoms with Gasteiger partial charge in [0.1, 0.15) is 13.2 Å². The van der Waals surface area contributed by atoms with Crippen molar-refractivity contribution < 1.29 is 33.3 Å². The number of anilines is 1. The molecule has 0 radical (unpaired) electrons. The van der Waals surface area contributed by atoms with Crippen LogP contribution < -0.4 is 19.1 Å². The van der Waals surface area contributed by atoms with Gasteiger partial charge in [-0.05, 0) is 42.8 Å². The first kappa shape index (κ1) is 28.8. The van der Waals surface area contributed by atoms with Gasteiger partial charge in [-0.15, -0.1) is 16.4 Å². The molecule has 216 valence electrons. The number of ether oxygens (including phenoxy) is 4. The van der Waals surface area contributed by atoms with Crippen LogP contribution in [-0.4, -0.2) is 58.0 Å². The summed E-state index contributed by atoms with van der Waals surface area (Å²) in [6.07, 6.45) is 2.96. The van der Waals surface area contributed by atoms with Crippen molar-refractivity contribution >= 4 is 30.1 Å². The molecule has 4 aromatic rings. The van der Waals surface area contributed by atoms with E-state index < -0.39 is 7.60 Å². The molecule has 0 unspecified atom stereocenters. The Labute approximate surface area is 241 Å². The van der Waals surface area contributed by atoms with Crippen molar-refractivity contribution in [3.8, 4) is 23.1 Å². The number of methoxy groups -OCH3 is 1. The number of morpholine rings is 1. The number of rotatable bonds is 11. The third-order valence-electron chi connectivity index (χ3n) is 6.31. The minimum absolute atomic E-state index is 0.146. The highest BCUT2D eigenvalue weighted by molar-refractivity contribution is 7.55. The van der Waals surface area contributed by atoms with E-state index in [4.69, 9.17) is 23.9 Å². The molecule has 1 aliphatic rings. The first-order valence-corrected chi connectivity index (χ1v) is 15.4. The van der Waals surface area contributed by atoms with Gasteiger partial charge in [-0.1, -0.05) is 24.3 Å². The molecule has 0 atom stereocenters. The van der Waals surface area contributed by atoms with Crippen LogP contribution in [0.4, 0.5) is 5.13 Å². The number of benzene rings is 2. The topological polar surface area (TPSA) is 128 Å². The lowest BCUT2D eigenvalue weighted by atomic mass is 10.2. The van der Waals surface area contributed by atoms with E-state index >= 15 is 0 Å². The number of hydrogen-bond donors (Lipinski definition) is 2. The number of aryl methyl sites for hydroxylation is 1. The number of thiazole rings is 1. The first-order valence-electron chi connectivity index (χ1n) is 12.9. The van der Waals surface area contributed by atoms with E-state index in [9.17, 15) is 14.4 Å². The maximum Gasteiger partial charge on any atom is 0.349 e. The molecule has 3 heterocycles. The number of nitrogens with zero attached hydrogens (tertiary/aromatic N) is 4. The van der Waals surface area contributed by atoms with Gasteiger partial charge in [0.2, 0.25) is 5.88 Å². The van der Waals surface area contributed by atoms with Crippen LogP contribution in [0.25, 0.3) is 11.8 Å². The molecule has 11 nitrogen and oxygen atoms in total. The van der Waals surface area contributed by atoms with Gasteiger partial charge in [0, 0.05) is 30.0 Å². The summed E-state index contributed by atoms with van der Waals surface area (Å²) in [7, 11) is -2.79. The normalized spacial score (nSPS) is 14.0. The SMILES string of the molecule is COc1cc(COc2nn(-c3ccccc3)cc2/C=C/P(=O)(O)O)ccc1OCc1nc(N2CCOCC2)sc1C. The smallest absolute Gasteiger partial charge is 0.349 e. The third kappa shape index (κ3) is 7.55. The van der Waals surface area contributed by atoms with Gasteiger partial charge in [0.15, 0.2) is 16.6 Å². The van der Waals surface area contributed by atoms with Crippen molar-refractivity contribution in [1.29, 1.82) is 0 Å². The molecule has 0 amide bonds. The minimum atomic E-state index is -4.36. The van der Waals surface area contributed by atoms with E-state index in [0.717, 1.165) is 45.9 Å². The Hall–Kier alpha value is -3.67. The van der Waals surface area contributed by atoms with Crippen LogP contribution >= 0.6 is 18.9 Å². The van der Waals surface area contributed by atoms with Crippen molar-refractivity contribution in [3.63, 3.8) is 0 Å². The molecule has 0 bridgehead atoms. The molecule has 2 aromatic carbocycles. The molecular weight excluding hydrogens is 567 g/mol. The maximum absolute atomic E-state index is 11.4. The van der Waals surface area contributed by atoms with Crippen LogP contribution in [0.2, 0.25) is 0 Å². The largest absolute Gasteiger partial charge is 0.493 e. The second kappa shape index (κ2) is 12.9. The average molecular weight is 599 g/mol. The predicted octanol–water partition coefficient (Wildman–Crippen LogP) is 4.79. The summed E-state index contributed by atoms with van der Waals surface area (Å²) >= 11 is 1.65. The van der Waals surface area contributed by atoms with E-state index in [-0.39, 0.29) is 12.5 Å². The molecule has 5 rings (SSSR count). The van der Waals surface area contributed by atoms with Gasteiger partial charge in [-0.25, -0.2) is 9.67 Å². The fraction of sp³-hybridized carbons (Fsp3) is 0.286. The Morgan fingerprint density at radius 3 is 2.59 bits per heavy atom. The van der Waals surface area contributed by atoms with Crippen LogP contribution in [0.3, 0.4) is 0 Å². The van der Waals surface area contributed by atoms with Crippen LogP contribution in [0.5, 0.6) is 17.4 Å². The zero-order chi connectivity index (χ0) is 28.8. The molecule has 2 aromatic heterocycles. The van der Waals surface area contributed by atoms with Crippen LogP contribution in [0.1, 0.15) is 21.7 Å². The molecule has 1 aliphatic heterocycles. The van der Waals surface area contributed by atoms with E-state index in [1.54, 1.807) is 29.3 Å². The second-order valence-corrected chi connectivity index (χ2v) is 11.9. The average Bonchev–Trinajstić information content (AvgIpc) is 3.57. The molecule has 0 spiro atoms. The Morgan fingerprint density at radius 1 is 1.07 bits per heavy atom. The van der Waals surface area contributed by atoms with Crippen LogP contribution in [0, 0.1) is 6.92 Å². The summed E-state index contributed by atoms with van der Waals surface area (Å²) in [4.78, 5) is 26.7. The Balaban J connectivity index is 1.27. The highest BCUT2D eigenvalue weighted by Crippen LogP contribution is 2.38. The van der Waals surface area contributed by atoms with Gasteiger partial charge in [0.25, 0.3) is 0 Å². The molecule has 0 saturated carbocycles. The highest BCUT2D eigenvalue weighted by Gasteiger charge is 2.18. The first-order chi connectivity index (χ1) is 19.8. The maximum atomic E-state index is 11.4. The Morgan fingerprint density at radius 2 is 1.85 bits per heavy atom.